The standard InChI is InChI=1S/C24H21N3O4/c25-23-27-24(14-30-23)18-11-15(17-3-1-9-26-13-17)5-7-21(18)31-22-8-6-16(12-19(22)24)20(29)4-2-10-28/h1,3,5-9,11-13,28H,2,4,10,14H2,(H2,25,27)/t24-/m0/s1. The number of aromatic nitrogens is 1. The van der Waals surface area contributed by atoms with Crippen molar-refractivity contribution in [2.45, 2.75) is 18.4 Å². The molecular weight excluding hydrogens is 394 g/mol. The molecule has 156 valence electrons. The summed E-state index contributed by atoms with van der Waals surface area (Å²) in [5.74, 6) is 1.24. The van der Waals surface area contributed by atoms with Crippen LogP contribution in [0.1, 0.15) is 34.3 Å². The zero-order valence-electron chi connectivity index (χ0n) is 16.7. The highest BCUT2D eigenvalue weighted by Crippen LogP contribution is 2.51. The van der Waals surface area contributed by atoms with E-state index in [9.17, 15) is 4.79 Å². The Bertz CT molecular complexity index is 1190. The Labute approximate surface area is 179 Å². The quantitative estimate of drug-likeness (QED) is 0.619. The van der Waals surface area contributed by atoms with E-state index < -0.39 is 5.54 Å². The minimum absolute atomic E-state index is 0.0249. The molecule has 0 fully saturated rings. The number of fused-ring (bicyclic) bond motifs is 4. The average Bonchev–Trinajstić information content (AvgIpc) is 3.20. The highest BCUT2D eigenvalue weighted by Gasteiger charge is 2.47. The second-order valence-corrected chi connectivity index (χ2v) is 7.61. The zero-order valence-corrected chi connectivity index (χ0v) is 16.7. The number of ketones is 1. The number of carbonyl (C=O) groups is 1. The lowest BCUT2D eigenvalue weighted by atomic mass is 9.79. The van der Waals surface area contributed by atoms with Crippen molar-refractivity contribution in [1.82, 2.24) is 4.98 Å². The van der Waals surface area contributed by atoms with Gasteiger partial charge in [-0.1, -0.05) is 12.1 Å². The lowest BCUT2D eigenvalue weighted by molar-refractivity contribution is 0.0971. The molecule has 3 heterocycles. The number of aliphatic hydroxyl groups is 1. The topological polar surface area (TPSA) is 107 Å². The van der Waals surface area contributed by atoms with Crippen molar-refractivity contribution in [2.24, 2.45) is 10.7 Å². The molecule has 1 atom stereocenters. The smallest absolute Gasteiger partial charge is 0.283 e. The minimum atomic E-state index is -0.904. The van der Waals surface area contributed by atoms with Crippen LogP contribution in [0.15, 0.2) is 65.9 Å². The fourth-order valence-corrected chi connectivity index (χ4v) is 4.13. The number of rotatable bonds is 5. The van der Waals surface area contributed by atoms with Crippen LogP contribution in [0.4, 0.5) is 0 Å². The summed E-state index contributed by atoms with van der Waals surface area (Å²) in [4.78, 5) is 21.5. The van der Waals surface area contributed by atoms with E-state index >= 15 is 0 Å². The summed E-state index contributed by atoms with van der Waals surface area (Å²) in [5.41, 5.74) is 9.08. The number of carbonyl (C=O) groups excluding carboxylic acids is 1. The number of Topliss-reactive ketones (excluding diaryl/α,β-unsaturated/α-hetero) is 1. The molecule has 0 saturated carbocycles. The van der Waals surface area contributed by atoms with E-state index in [4.69, 9.17) is 20.3 Å². The van der Waals surface area contributed by atoms with Gasteiger partial charge < -0.3 is 20.3 Å². The lowest BCUT2D eigenvalue weighted by Gasteiger charge is -2.34. The van der Waals surface area contributed by atoms with Gasteiger partial charge in [0, 0.05) is 47.7 Å². The molecule has 0 radical (unpaired) electrons. The van der Waals surface area contributed by atoms with Crippen molar-refractivity contribution < 1.29 is 19.4 Å². The number of nitrogens with two attached hydrogens (primary N) is 1. The Morgan fingerprint density at radius 3 is 2.61 bits per heavy atom. The largest absolute Gasteiger partial charge is 0.462 e. The van der Waals surface area contributed by atoms with Crippen LogP contribution in [0.25, 0.3) is 11.1 Å². The van der Waals surface area contributed by atoms with Gasteiger partial charge in [-0.2, -0.15) is 0 Å². The first-order valence-electron chi connectivity index (χ1n) is 10.1. The van der Waals surface area contributed by atoms with Crippen LogP contribution in [0.5, 0.6) is 11.5 Å². The molecule has 1 spiro atoms. The predicted octanol–water partition coefficient (Wildman–Crippen LogP) is 3.40. The van der Waals surface area contributed by atoms with E-state index in [1.165, 1.54) is 0 Å². The highest BCUT2D eigenvalue weighted by molar-refractivity contribution is 5.96. The monoisotopic (exact) mass is 415 g/mol. The summed E-state index contributed by atoms with van der Waals surface area (Å²) in [6.45, 7) is 0.190. The first kappa shape index (κ1) is 19.3. The molecule has 2 aliphatic rings. The Kier molecular flexibility index (Phi) is 4.67. The summed E-state index contributed by atoms with van der Waals surface area (Å²) < 4.78 is 11.8. The number of hydrogen-bond acceptors (Lipinski definition) is 7. The number of aliphatic hydroxyl groups excluding tert-OH is 1. The maximum atomic E-state index is 12.6. The number of nitrogens with zero attached hydrogens (tertiary/aromatic N) is 2. The van der Waals surface area contributed by atoms with E-state index in [0.717, 1.165) is 22.3 Å². The van der Waals surface area contributed by atoms with Crippen molar-refractivity contribution >= 4 is 11.8 Å². The number of aliphatic imine (C=N–C) groups is 1. The second-order valence-electron chi connectivity index (χ2n) is 7.61. The van der Waals surface area contributed by atoms with Crippen LogP contribution in [-0.4, -0.2) is 35.1 Å². The third-order valence-electron chi connectivity index (χ3n) is 5.68. The van der Waals surface area contributed by atoms with E-state index in [2.05, 4.69) is 9.98 Å². The molecule has 7 nitrogen and oxygen atoms in total. The molecule has 3 aromatic rings. The summed E-state index contributed by atoms with van der Waals surface area (Å²) in [6.07, 6.45) is 4.22. The van der Waals surface area contributed by atoms with Gasteiger partial charge in [-0.3, -0.25) is 9.78 Å². The maximum absolute atomic E-state index is 12.6. The second kappa shape index (κ2) is 7.52. The molecule has 5 rings (SSSR count). The van der Waals surface area contributed by atoms with Crippen LogP contribution in [0.3, 0.4) is 0 Å². The van der Waals surface area contributed by atoms with Crippen LogP contribution in [0.2, 0.25) is 0 Å². The van der Waals surface area contributed by atoms with Gasteiger partial charge in [-0.25, -0.2) is 4.99 Å². The number of pyridine rings is 1. The van der Waals surface area contributed by atoms with Gasteiger partial charge in [0.2, 0.25) is 0 Å². The van der Waals surface area contributed by atoms with Gasteiger partial charge in [0.05, 0.1) is 0 Å². The third kappa shape index (κ3) is 3.23. The Hall–Kier alpha value is -3.71. The molecule has 0 aliphatic carbocycles. The fraction of sp³-hybridized carbons (Fsp3) is 0.208. The van der Waals surface area contributed by atoms with E-state index in [-0.39, 0.29) is 31.4 Å². The van der Waals surface area contributed by atoms with Crippen molar-refractivity contribution in [3.63, 3.8) is 0 Å². The van der Waals surface area contributed by atoms with E-state index in [1.807, 2.05) is 30.3 Å². The molecule has 2 aliphatic heterocycles. The summed E-state index contributed by atoms with van der Waals surface area (Å²) in [6, 6.07) is 15.2. The highest BCUT2D eigenvalue weighted by atomic mass is 16.5. The molecule has 31 heavy (non-hydrogen) atoms. The Morgan fingerprint density at radius 2 is 1.90 bits per heavy atom. The first-order chi connectivity index (χ1) is 15.1. The van der Waals surface area contributed by atoms with Crippen molar-refractivity contribution in [3.05, 3.63) is 77.6 Å². The maximum Gasteiger partial charge on any atom is 0.283 e. The summed E-state index contributed by atoms with van der Waals surface area (Å²) in [7, 11) is 0. The molecule has 7 heteroatoms. The molecule has 3 N–H and O–H groups in total. The van der Waals surface area contributed by atoms with Gasteiger partial charge in [0.1, 0.15) is 18.1 Å². The third-order valence-corrected chi connectivity index (χ3v) is 5.68. The number of amidine groups is 1. The van der Waals surface area contributed by atoms with Crippen molar-refractivity contribution in [3.8, 4) is 22.6 Å². The van der Waals surface area contributed by atoms with E-state index in [1.54, 1.807) is 30.6 Å². The number of hydrogen-bond donors (Lipinski definition) is 2. The molecule has 1 aromatic heterocycles. The molecule has 0 saturated heterocycles. The van der Waals surface area contributed by atoms with Gasteiger partial charge >= 0.3 is 0 Å². The lowest BCUT2D eigenvalue weighted by Crippen LogP contribution is -2.31. The van der Waals surface area contributed by atoms with Crippen molar-refractivity contribution in [1.29, 1.82) is 0 Å². The summed E-state index contributed by atoms with van der Waals surface area (Å²) in [5, 5.41) is 9.06. The predicted molar refractivity (Wildman–Crippen MR) is 115 cm³/mol. The van der Waals surface area contributed by atoms with E-state index in [0.29, 0.717) is 23.5 Å². The normalized spacial score (nSPS) is 18.5. The summed E-state index contributed by atoms with van der Waals surface area (Å²) >= 11 is 0. The van der Waals surface area contributed by atoms with Gasteiger partial charge in [-0.05, 0) is 48.4 Å². The molecule has 0 unspecified atom stereocenters. The van der Waals surface area contributed by atoms with Gasteiger partial charge in [0.25, 0.3) is 6.02 Å². The number of benzene rings is 2. The van der Waals surface area contributed by atoms with Gasteiger partial charge in [0.15, 0.2) is 11.3 Å². The molecule has 0 amide bonds. The van der Waals surface area contributed by atoms with Crippen LogP contribution in [0, 0.1) is 0 Å². The minimum Gasteiger partial charge on any atom is -0.462 e. The van der Waals surface area contributed by atoms with Crippen LogP contribution >= 0.6 is 0 Å². The van der Waals surface area contributed by atoms with Crippen LogP contribution in [-0.2, 0) is 10.3 Å². The molecule has 2 aromatic carbocycles. The van der Waals surface area contributed by atoms with Crippen LogP contribution < -0.4 is 10.5 Å². The Morgan fingerprint density at radius 1 is 1.10 bits per heavy atom. The number of ether oxygens (including phenoxy) is 2. The average molecular weight is 415 g/mol. The first-order valence-corrected chi connectivity index (χ1v) is 10.1. The fourth-order valence-electron chi connectivity index (χ4n) is 4.13. The molecule has 0 bridgehead atoms. The van der Waals surface area contributed by atoms with Gasteiger partial charge in [-0.15, -0.1) is 0 Å². The van der Waals surface area contributed by atoms with Crippen molar-refractivity contribution in [2.75, 3.05) is 13.2 Å². The zero-order chi connectivity index (χ0) is 21.4. The Balaban J connectivity index is 1.65. The molecular formula is C24H21N3O4. The SMILES string of the molecule is NC1=N[C@]2(CO1)c1cc(C(=O)CCCO)ccc1Oc1ccc(-c3cccnc3)cc12.